The number of methoxy groups -OCH3 is 1. The van der Waals surface area contributed by atoms with E-state index in [1.807, 2.05) is 26.0 Å². The Balaban J connectivity index is 1.81. The van der Waals surface area contributed by atoms with Crippen molar-refractivity contribution < 1.29 is 23.1 Å². The van der Waals surface area contributed by atoms with E-state index in [0.29, 0.717) is 25.3 Å². The van der Waals surface area contributed by atoms with E-state index in [0.717, 1.165) is 11.6 Å². The lowest BCUT2D eigenvalue weighted by Crippen LogP contribution is -2.31. The largest absolute Gasteiger partial charge is 0.497 e. The molecule has 0 unspecified atom stereocenters. The first-order chi connectivity index (χ1) is 14.9. The molecule has 6 nitrogen and oxygen atoms in total. The topological polar surface area (TPSA) is 69.0 Å². The van der Waals surface area contributed by atoms with E-state index in [9.17, 15) is 14.0 Å². The third kappa shape index (κ3) is 3.93. The molecule has 2 heterocycles. The molecule has 2 aromatic carbocycles. The summed E-state index contributed by atoms with van der Waals surface area (Å²) in [5, 5.41) is 0.120. The molecule has 4 rings (SSSR count). The molecule has 1 atom stereocenters. The van der Waals surface area contributed by atoms with Crippen LogP contribution in [0.3, 0.4) is 0 Å². The Bertz CT molecular complexity index is 1170. The molecule has 1 aliphatic rings. The van der Waals surface area contributed by atoms with Gasteiger partial charge in [0.05, 0.1) is 30.2 Å². The fourth-order valence-corrected chi connectivity index (χ4v) is 3.91. The van der Waals surface area contributed by atoms with Gasteiger partial charge in [-0.3, -0.25) is 9.59 Å². The highest BCUT2D eigenvalue weighted by Crippen LogP contribution is 2.38. The van der Waals surface area contributed by atoms with E-state index in [-0.39, 0.29) is 34.3 Å². The lowest BCUT2D eigenvalue weighted by atomic mass is 9.98. The zero-order chi connectivity index (χ0) is 22.1. The number of hydrogen-bond donors (Lipinski definition) is 0. The second-order valence-corrected chi connectivity index (χ2v) is 7.76. The van der Waals surface area contributed by atoms with E-state index in [4.69, 9.17) is 13.9 Å². The van der Waals surface area contributed by atoms with Gasteiger partial charge in [0.15, 0.2) is 5.43 Å². The van der Waals surface area contributed by atoms with Crippen LogP contribution in [-0.2, 0) is 4.74 Å². The number of amides is 1. The van der Waals surface area contributed by atoms with Gasteiger partial charge in [0, 0.05) is 13.2 Å². The van der Waals surface area contributed by atoms with Crippen molar-refractivity contribution in [2.45, 2.75) is 32.4 Å². The fourth-order valence-electron chi connectivity index (χ4n) is 3.91. The summed E-state index contributed by atoms with van der Waals surface area (Å²) in [5.41, 5.74) is 0.779. The van der Waals surface area contributed by atoms with E-state index in [1.54, 1.807) is 24.1 Å². The summed E-state index contributed by atoms with van der Waals surface area (Å²) in [5.74, 6) is -0.219. The van der Waals surface area contributed by atoms with Gasteiger partial charge < -0.3 is 18.8 Å². The molecule has 0 fully saturated rings. The Hall–Kier alpha value is -3.19. The molecule has 0 radical (unpaired) electrons. The first-order valence-corrected chi connectivity index (χ1v) is 10.2. The minimum atomic E-state index is -0.628. The van der Waals surface area contributed by atoms with Gasteiger partial charge in [-0.1, -0.05) is 12.1 Å². The molecular formula is C24H24FNO5. The van der Waals surface area contributed by atoms with Gasteiger partial charge in [-0.05, 0) is 56.2 Å². The van der Waals surface area contributed by atoms with Crippen molar-refractivity contribution in [1.29, 1.82) is 0 Å². The third-order valence-electron chi connectivity index (χ3n) is 5.35. The van der Waals surface area contributed by atoms with Crippen molar-refractivity contribution in [1.82, 2.24) is 4.90 Å². The maximum absolute atomic E-state index is 13.8. The van der Waals surface area contributed by atoms with Gasteiger partial charge in [0.1, 0.15) is 17.1 Å². The number of nitrogens with zero attached hydrogens (tertiary/aromatic N) is 1. The van der Waals surface area contributed by atoms with Crippen LogP contribution in [0.15, 0.2) is 51.7 Å². The smallest absolute Gasteiger partial charge is 0.290 e. The highest BCUT2D eigenvalue weighted by atomic mass is 19.1. The lowest BCUT2D eigenvalue weighted by Gasteiger charge is -2.25. The summed E-state index contributed by atoms with van der Waals surface area (Å²) >= 11 is 0. The van der Waals surface area contributed by atoms with Crippen LogP contribution in [0.25, 0.3) is 11.0 Å². The number of benzene rings is 2. The van der Waals surface area contributed by atoms with E-state index >= 15 is 0 Å². The number of halogens is 1. The lowest BCUT2D eigenvalue weighted by molar-refractivity contribution is 0.0593. The summed E-state index contributed by atoms with van der Waals surface area (Å²) in [4.78, 5) is 28.2. The number of rotatable bonds is 7. The standard InChI is InChI=1S/C24H24FNO5/c1-14(2)30-12-4-11-26-21(15-5-8-17(29-3)9-6-15)20-22(27)18-13-16(25)7-10-19(18)31-23(20)24(26)28/h5-10,13-14,21H,4,11-12H2,1-3H3/t21-/m0/s1. The number of fused-ring (bicyclic) bond motifs is 2. The molecule has 1 aliphatic heterocycles. The van der Waals surface area contributed by atoms with Gasteiger partial charge in [0.2, 0.25) is 5.76 Å². The van der Waals surface area contributed by atoms with Crippen LogP contribution in [0.4, 0.5) is 4.39 Å². The van der Waals surface area contributed by atoms with Crippen molar-refractivity contribution in [3.8, 4) is 5.75 Å². The van der Waals surface area contributed by atoms with E-state index < -0.39 is 17.3 Å². The number of carbonyl (C=O) groups excluding carboxylic acids is 1. The molecule has 31 heavy (non-hydrogen) atoms. The molecule has 0 spiro atoms. The van der Waals surface area contributed by atoms with Gasteiger partial charge >= 0.3 is 0 Å². The summed E-state index contributed by atoms with van der Waals surface area (Å²) in [6.07, 6.45) is 0.694. The average molecular weight is 425 g/mol. The minimum Gasteiger partial charge on any atom is -0.497 e. The monoisotopic (exact) mass is 425 g/mol. The van der Waals surface area contributed by atoms with Crippen LogP contribution < -0.4 is 10.2 Å². The Morgan fingerprint density at radius 3 is 2.55 bits per heavy atom. The molecular weight excluding hydrogens is 401 g/mol. The highest BCUT2D eigenvalue weighted by Gasteiger charge is 2.42. The van der Waals surface area contributed by atoms with Crippen LogP contribution in [0.2, 0.25) is 0 Å². The molecule has 3 aromatic rings. The van der Waals surface area contributed by atoms with Gasteiger partial charge in [-0.25, -0.2) is 4.39 Å². The molecule has 7 heteroatoms. The molecule has 0 saturated carbocycles. The predicted molar refractivity (Wildman–Crippen MR) is 114 cm³/mol. The Morgan fingerprint density at radius 2 is 1.87 bits per heavy atom. The third-order valence-corrected chi connectivity index (χ3v) is 5.35. The summed E-state index contributed by atoms with van der Waals surface area (Å²) < 4.78 is 30.5. The van der Waals surface area contributed by atoms with Gasteiger partial charge in [-0.15, -0.1) is 0 Å². The number of carbonyl (C=O) groups is 1. The maximum atomic E-state index is 13.8. The van der Waals surface area contributed by atoms with Crippen LogP contribution in [0.1, 0.15) is 48.0 Å². The second-order valence-electron chi connectivity index (χ2n) is 7.76. The predicted octanol–water partition coefficient (Wildman–Crippen LogP) is 4.30. The molecule has 0 aliphatic carbocycles. The first-order valence-electron chi connectivity index (χ1n) is 10.2. The Morgan fingerprint density at radius 1 is 1.13 bits per heavy atom. The highest BCUT2D eigenvalue weighted by molar-refractivity contribution is 5.99. The van der Waals surface area contributed by atoms with Crippen molar-refractivity contribution in [3.63, 3.8) is 0 Å². The van der Waals surface area contributed by atoms with Crippen molar-refractivity contribution >= 4 is 16.9 Å². The van der Waals surface area contributed by atoms with Gasteiger partial charge in [-0.2, -0.15) is 0 Å². The zero-order valence-corrected chi connectivity index (χ0v) is 17.7. The molecule has 0 bridgehead atoms. The summed E-state index contributed by atoms with van der Waals surface area (Å²) in [6, 6.07) is 10.3. The van der Waals surface area contributed by atoms with Crippen molar-refractivity contribution in [2.24, 2.45) is 0 Å². The van der Waals surface area contributed by atoms with Crippen LogP contribution in [0, 0.1) is 5.82 Å². The first kappa shape index (κ1) is 21.1. The molecule has 0 N–H and O–H groups in total. The Kier molecular flexibility index (Phi) is 5.78. The van der Waals surface area contributed by atoms with Crippen molar-refractivity contribution in [3.05, 3.63) is 75.4 Å². The van der Waals surface area contributed by atoms with Gasteiger partial charge in [0.25, 0.3) is 5.91 Å². The Labute approximate surface area is 179 Å². The van der Waals surface area contributed by atoms with Crippen molar-refractivity contribution in [2.75, 3.05) is 20.3 Å². The summed E-state index contributed by atoms with van der Waals surface area (Å²) in [6.45, 7) is 4.77. The maximum Gasteiger partial charge on any atom is 0.290 e. The molecule has 0 saturated heterocycles. The minimum absolute atomic E-state index is 0.00899. The molecule has 1 aromatic heterocycles. The quantitative estimate of drug-likeness (QED) is 0.528. The van der Waals surface area contributed by atoms with Crippen LogP contribution >= 0.6 is 0 Å². The SMILES string of the molecule is COc1ccc([C@H]2c3c(oc4ccc(F)cc4c3=O)C(=O)N2CCCOC(C)C)cc1. The van der Waals surface area contributed by atoms with E-state index in [1.165, 1.54) is 12.1 Å². The van der Waals surface area contributed by atoms with Crippen LogP contribution in [-0.4, -0.2) is 37.2 Å². The van der Waals surface area contributed by atoms with E-state index in [2.05, 4.69) is 0 Å². The zero-order valence-electron chi connectivity index (χ0n) is 17.7. The normalized spacial score (nSPS) is 15.7. The molecule has 1 amide bonds. The number of hydrogen-bond acceptors (Lipinski definition) is 5. The average Bonchev–Trinajstić information content (AvgIpc) is 3.04. The van der Waals surface area contributed by atoms with Crippen LogP contribution in [0.5, 0.6) is 5.75 Å². The molecule has 162 valence electrons. The fraction of sp³-hybridized carbons (Fsp3) is 0.333. The summed E-state index contributed by atoms with van der Waals surface area (Å²) in [7, 11) is 1.57. The second kappa shape index (κ2) is 8.51. The number of ether oxygens (including phenoxy) is 2.